The van der Waals surface area contributed by atoms with Crippen molar-refractivity contribution in [1.29, 1.82) is 0 Å². The summed E-state index contributed by atoms with van der Waals surface area (Å²) in [5, 5.41) is 0.575. The van der Waals surface area contributed by atoms with Crippen LogP contribution in [0.4, 0.5) is 0 Å². The molecule has 3 heteroatoms. The van der Waals surface area contributed by atoms with E-state index < -0.39 is 16.6 Å². The second-order valence-corrected chi connectivity index (χ2v) is 19.7. The Bertz CT molecular complexity index is 269. The van der Waals surface area contributed by atoms with Crippen LogP contribution in [0.5, 0.6) is 0 Å². The monoisotopic (exact) mass is 302 g/mol. The van der Waals surface area contributed by atoms with E-state index in [9.17, 15) is 0 Å². The minimum absolute atomic E-state index is 0.287. The summed E-state index contributed by atoms with van der Waals surface area (Å²) in [6, 6.07) is 0. The van der Waals surface area contributed by atoms with Crippen molar-refractivity contribution in [2.45, 2.75) is 103 Å². The van der Waals surface area contributed by atoms with Crippen LogP contribution < -0.4 is 0 Å². The maximum absolute atomic E-state index is 7.16. The van der Waals surface area contributed by atoms with Gasteiger partial charge in [-0.3, -0.25) is 0 Å². The van der Waals surface area contributed by atoms with Crippen LogP contribution in [0.25, 0.3) is 0 Å². The van der Waals surface area contributed by atoms with Gasteiger partial charge in [0.1, 0.15) is 0 Å². The molecule has 0 fully saturated rings. The Morgan fingerprint density at radius 3 is 0.947 bits per heavy atom. The Kier molecular flexibility index (Phi) is 5.76. The molecular formula is C16H38OSi2. The molecule has 0 amide bonds. The van der Waals surface area contributed by atoms with E-state index in [0.717, 1.165) is 0 Å². The van der Waals surface area contributed by atoms with Gasteiger partial charge in [-0.15, -0.1) is 0 Å². The molecular weight excluding hydrogens is 264 g/mol. The van der Waals surface area contributed by atoms with Gasteiger partial charge in [-0.2, -0.15) is 0 Å². The normalized spacial score (nSPS) is 20.5. The van der Waals surface area contributed by atoms with Crippen molar-refractivity contribution in [2.75, 3.05) is 0 Å². The van der Waals surface area contributed by atoms with Crippen molar-refractivity contribution in [3.05, 3.63) is 0 Å². The lowest BCUT2D eigenvalue weighted by molar-refractivity contribution is 0.412. The van der Waals surface area contributed by atoms with Crippen LogP contribution in [0.15, 0.2) is 0 Å². The van der Waals surface area contributed by atoms with E-state index in [1.165, 1.54) is 0 Å². The average molecular weight is 303 g/mol. The first-order valence-corrected chi connectivity index (χ1v) is 12.8. The van der Waals surface area contributed by atoms with Crippen molar-refractivity contribution in [3.63, 3.8) is 0 Å². The molecule has 0 aromatic carbocycles. The van der Waals surface area contributed by atoms with Crippen LogP contribution >= 0.6 is 0 Å². The Hall–Kier alpha value is 0.394. The summed E-state index contributed by atoms with van der Waals surface area (Å²) in [4.78, 5) is 0. The standard InChI is InChI=1S/C16H38OSi2/c1-13(2)18(11,15(5,6)7)17-19(12,14(3)4)16(8,9)10/h13-14H,1-12H3. The number of hydrogen-bond donors (Lipinski definition) is 0. The fraction of sp³-hybridized carbons (Fsp3) is 1.00. The third-order valence-corrected chi connectivity index (χ3v) is 19.4. The highest BCUT2D eigenvalue weighted by molar-refractivity contribution is 6.89. The van der Waals surface area contributed by atoms with Gasteiger partial charge in [0.05, 0.1) is 0 Å². The SMILES string of the molecule is CC(C)[Si](C)(O[Si](C)(C(C)C)C(C)(C)C)C(C)(C)C. The van der Waals surface area contributed by atoms with Gasteiger partial charge in [0.2, 0.25) is 0 Å². The van der Waals surface area contributed by atoms with E-state index in [1.807, 2.05) is 0 Å². The fourth-order valence-corrected chi connectivity index (χ4v) is 14.0. The largest absolute Gasteiger partial charge is 0.454 e. The highest BCUT2D eigenvalue weighted by Crippen LogP contribution is 2.52. The van der Waals surface area contributed by atoms with Gasteiger partial charge in [-0.25, -0.2) is 0 Å². The zero-order valence-electron chi connectivity index (χ0n) is 15.6. The fourth-order valence-electron chi connectivity index (χ4n) is 2.71. The van der Waals surface area contributed by atoms with Gasteiger partial charge < -0.3 is 4.12 Å². The van der Waals surface area contributed by atoms with E-state index >= 15 is 0 Å². The molecule has 0 bridgehead atoms. The molecule has 1 nitrogen and oxygen atoms in total. The maximum Gasteiger partial charge on any atom is 0.184 e. The van der Waals surface area contributed by atoms with Crippen molar-refractivity contribution in [3.8, 4) is 0 Å². The molecule has 0 aliphatic rings. The zero-order chi connectivity index (χ0) is 15.9. The molecule has 0 saturated heterocycles. The summed E-state index contributed by atoms with van der Waals surface area (Å²) >= 11 is 0. The van der Waals surface area contributed by atoms with Crippen LogP contribution in [-0.2, 0) is 4.12 Å². The first-order chi connectivity index (χ1) is 8.09. The minimum atomic E-state index is -1.77. The zero-order valence-corrected chi connectivity index (χ0v) is 17.6. The summed E-state index contributed by atoms with van der Waals surface area (Å²) in [5.41, 5.74) is 1.31. The van der Waals surface area contributed by atoms with Crippen molar-refractivity contribution >= 4 is 16.6 Å². The molecule has 0 N–H and O–H groups in total. The van der Waals surface area contributed by atoms with E-state index in [-0.39, 0.29) is 10.1 Å². The molecule has 0 aromatic heterocycles. The second-order valence-electron chi connectivity index (χ2n) is 9.13. The van der Waals surface area contributed by atoms with Crippen molar-refractivity contribution in [1.82, 2.24) is 0 Å². The summed E-state index contributed by atoms with van der Waals surface area (Å²) in [6.07, 6.45) is 0. The predicted octanol–water partition coefficient (Wildman–Crippen LogP) is 6.57. The molecule has 0 heterocycles. The predicted molar refractivity (Wildman–Crippen MR) is 93.9 cm³/mol. The Morgan fingerprint density at radius 2 is 0.842 bits per heavy atom. The molecule has 0 aromatic rings. The van der Waals surface area contributed by atoms with E-state index in [4.69, 9.17) is 4.12 Å². The van der Waals surface area contributed by atoms with E-state index in [1.54, 1.807) is 0 Å². The molecule has 116 valence electrons. The first-order valence-electron chi connectivity index (χ1n) is 7.79. The Labute approximate surface area is 124 Å². The van der Waals surface area contributed by atoms with Crippen LogP contribution in [0.2, 0.25) is 34.3 Å². The number of hydrogen-bond acceptors (Lipinski definition) is 1. The number of rotatable bonds is 4. The molecule has 0 saturated carbocycles. The van der Waals surface area contributed by atoms with Crippen LogP contribution in [0, 0.1) is 0 Å². The summed E-state index contributed by atoms with van der Waals surface area (Å²) < 4.78 is 7.16. The lowest BCUT2D eigenvalue weighted by Gasteiger charge is -2.53. The smallest absolute Gasteiger partial charge is 0.184 e. The molecule has 0 rings (SSSR count). The van der Waals surface area contributed by atoms with E-state index in [0.29, 0.717) is 11.1 Å². The van der Waals surface area contributed by atoms with Gasteiger partial charge in [0.25, 0.3) is 0 Å². The first kappa shape index (κ1) is 19.4. The maximum atomic E-state index is 7.16. The Balaban J connectivity index is 5.69. The quantitative estimate of drug-likeness (QED) is 0.533. The van der Waals surface area contributed by atoms with Gasteiger partial charge in [-0.1, -0.05) is 69.2 Å². The molecule has 0 aliphatic carbocycles. The molecule has 0 aliphatic heterocycles. The highest BCUT2D eigenvalue weighted by atomic mass is 28.4. The Morgan fingerprint density at radius 1 is 0.632 bits per heavy atom. The molecule has 2 atom stereocenters. The third kappa shape index (κ3) is 3.73. The van der Waals surface area contributed by atoms with Crippen LogP contribution in [0.1, 0.15) is 69.2 Å². The topological polar surface area (TPSA) is 9.23 Å². The minimum Gasteiger partial charge on any atom is -0.454 e. The van der Waals surface area contributed by atoms with Crippen LogP contribution in [-0.4, -0.2) is 16.6 Å². The molecule has 0 spiro atoms. The highest BCUT2D eigenvalue weighted by Gasteiger charge is 2.54. The lowest BCUT2D eigenvalue weighted by atomic mass is 10.2. The molecule has 0 radical (unpaired) electrons. The van der Waals surface area contributed by atoms with Crippen molar-refractivity contribution in [2.24, 2.45) is 0 Å². The third-order valence-electron chi connectivity index (χ3n) is 5.61. The summed E-state index contributed by atoms with van der Waals surface area (Å²) in [5.74, 6) is 0. The van der Waals surface area contributed by atoms with E-state index in [2.05, 4.69) is 82.3 Å². The molecule has 2 unspecified atom stereocenters. The summed E-state index contributed by atoms with van der Waals surface area (Å²) in [7, 11) is -3.55. The van der Waals surface area contributed by atoms with Gasteiger partial charge in [0.15, 0.2) is 16.6 Å². The second kappa shape index (κ2) is 5.65. The van der Waals surface area contributed by atoms with Gasteiger partial charge in [0, 0.05) is 0 Å². The van der Waals surface area contributed by atoms with Gasteiger partial charge >= 0.3 is 0 Å². The van der Waals surface area contributed by atoms with Crippen molar-refractivity contribution < 1.29 is 4.12 Å². The van der Waals surface area contributed by atoms with Crippen LogP contribution in [0.3, 0.4) is 0 Å². The molecule has 19 heavy (non-hydrogen) atoms. The average Bonchev–Trinajstić information content (AvgIpc) is 2.12. The summed E-state index contributed by atoms with van der Waals surface area (Å²) in [6.45, 7) is 28.6. The lowest BCUT2D eigenvalue weighted by Crippen LogP contribution is -2.59. The van der Waals surface area contributed by atoms with Gasteiger partial charge in [-0.05, 0) is 34.3 Å².